The molecule has 2 rings (SSSR count). The minimum Gasteiger partial charge on any atom is -0.366 e. The van der Waals surface area contributed by atoms with Crippen molar-refractivity contribution in [1.29, 1.82) is 0 Å². The number of ether oxygens (including phenoxy) is 1. The molecule has 1 aliphatic heterocycles. The van der Waals surface area contributed by atoms with Gasteiger partial charge in [0, 0.05) is 6.42 Å². The normalized spacial score (nSPS) is 40.8. The van der Waals surface area contributed by atoms with E-state index in [9.17, 15) is 0 Å². The smallest absolute Gasteiger partial charge is 0.112 e. The van der Waals surface area contributed by atoms with Crippen LogP contribution in [0, 0.1) is 0 Å². The lowest BCUT2D eigenvalue weighted by Gasteiger charge is -2.33. The van der Waals surface area contributed by atoms with E-state index in [0.29, 0.717) is 6.10 Å². The maximum atomic E-state index is 5.65. The molecule has 0 aromatic heterocycles. The first-order valence-electron chi connectivity index (χ1n) is 4.42. The van der Waals surface area contributed by atoms with E-state index in [2.05, 4.69) is 5.32 Å². The van der Waals surface area contributed by atoms with Crippen molar-refractivity contribution in [3.63, 3.8) is 0 Å². The Labute approximate surface area is 61.9 Å². The van der Waals surface area contributed by atoms with Crippen LogP contribution in [0.1, 0.15) is 25.7 Å². The van der Waals surface area contributed by atoms with Crippen molar-refractivity contribution < 1.29 is 10.1 Å². The van der Waals surface area contributed by atoms with Gasteiger partial charge in [-0.05, 0) is 12.8 Å². The number of hydrogen-bond acceptors (Lipinski definition) is 1. The number of nitrogens with two attached hydrogens (primary N) is 1. The van der Waals surface area contributed by atoms with Crippen molar-refractivity contribution in [2.75, 3.05) is 13.2 Å². The van der Waals surface area contributed by atoms with Gasteiger partial charge in [0.05, 0.1) is 13.2 Å². The van der Waals surface area contributed by atoms with Gasteiger partial charge in [-0.25, -0.2) is 0 Å². The van der Waals surface area contributed by atoms with Crippen LogP contribution in [0.15, 0.2) is 0 Å². The lowest BCUT2D eigenvalue weighted by Crippen LogP contribution is -2.95. The summed E-state index contributed by atoms with van der Waals surface area (Å²) in [6.45, 7) is 2.16. The summed E-state index contributed by atoms with van der Waals surface area (Å²) in [5.74, 6) is 0. The van der Waals surface area contributed by atoms with E-state index in [-0.39, 0.29) is 0 Å². The summed E-state index contributed by atoms with van der Waals surface area (Å²) in [5.41, 5.74) is 0. The van der Waals surface area contributed by atoms with Crippen LogP contribution < -0.4 is 5.32 Å². The first-order chi connectivity index (χ1) is 4.97. The molecule has 0 aromatic carbocycles. The zero-order valence-corrected chi connectivity index (χ0v) is 6.38. The van der Waals surface area contributed by atoms with E-state index >= 15 is 0 Å². The molecule has 58 valence electrons. The lowest BCUT2D eigenvalue weighted by atomic mass is 9.92. The predicted octanol–water partition coefficient (Wildman–Crippen LogP) is -0.109. The van der Waals surface area contributed by atoms with Crippen molar-refractivity contribution in [2.24, 2.45) is 0 Å². The van der Waals surface area contributed by atoms with Crippen LogP contribution >= 0.6 is 0 Å². The van der Waals surface area contributed by atoms with Crippen LogP contribution in [0.2, 0.25) is 0 Å². The summed E-state index contributed by atoms with van der Waals surface area (Å²) in [6, 6.07) is 0.808. The van der Waals surface area contributed by atoms with Crippen molar-refractivity contribution in [1.82, 2.24) is 0 Å². The van der Waals surface area contributed by atoms with Gasteiger partial charge in [0.2, 0.25) is 0 Å². The Morgan fingerprint density at radius 2 is 2.10 bits per heavy atom. The Kier molecular flexibility index (Phi) is 1.91. The maximum absolute atomic E-state index is 5.65. The van der Waals surface area contributed by atoms with Crippen LogP contribution in [0.3, 0.4) is 0 Å². The van der Waals surface area contributed by atoms with Crippen molar-refractivity contribution in [3.8, 4) is 0 Å². The van der Waals surface area contributed by atoms with E-state index in [0.717, 1.165) is 12.6 Å². The monoisotopic (exact) mass is 142 g/mol. The third-order valence-corrected chi connectivity index (χ3v) is 2.67. The summed E-state index contributed by atoms with van der Waals surface area (Å²) in [4.78, 5) is 0. The quantitative estimate of drug-likeness (QED) is 0.502. The second kappa shape index (κ2) is 2.89. The first-order valence-corrected chi connectivity index (χ1v) is 4.42. The van der Waals surface area contributed by atoms with Crippen LogP contribution in [-0.4, -0.2) is 25.3 Å². The molecule has 1 saturated carbocycles. The number of hydrogen-bond donors (Lipinski definition) is 1. The molecule has 2 atom stereocenters. The SMILES string of the molecule is C1CC[C@H]2[NH2+]CCO[C@H]2C1. The number of morpholine rings is 1. The molecule has 0 amide bonds. The summed E-state index contributed by atoms with van der Waals surface area (Å²) in [5, 5.41) is 2.47. The number of quaternary nitrogens is 1. The average molecular weight is 142 g/mol. The highest BCUT2D eigenvalue weighted by Crippen LogP contribution is 2.19. The van der Waals surface area contributed by atoms with Gasteiger partial charge in [-0.2, -0.15) is 0 Å². The molecule has 1 heterocycles. The summed E-state index contributed by atoms with van der Waals surface area (Å²) >= 11 is 0. The zero-order chi connectivity index (χ0) is 6.81. The topological polar surface area (TPSA) is 25.8 Å². The third kappa shape index (κ3) is 1.18. The fourth-order valence-corrected chi connectivity index (χ4v) is 2.10. The second-order valence-electron chi connectivity index (χ2n) is 3.38. The van der Waals surface area contributed by atoms with Gasteiger partial charge in [-0.3, -0.25) is 0 Å². The molecule has 1 aliphatic carbocycles. The van der Waals surface area contributed by atoms with Crippen LogP contribution in [-0.2, 0) is 4.74 Å². The molecule has 2 nitrogen and oxygen atoms in total. The van der Waals surface area contributed by atoms with Gasteiger partial charge in [0.25, 0.3) is 0 Å². The Hall–Kier alpha value is -0.0800. The molecule has 0 spiro atoms. The highest BCUT2D eigenvalue weighted by molar-refractivity contribution is 4.75. The van der Waals surface area contributed by atoms with Gasteiger partial charge in [-0.1, -0.05) is 6.42 Å². The average Bonchev–Trinajstić information content (AvgIpc) is 2.05. The molecule has 10 heavy (non-hydrogen) atoms. The van der Waals surface area contributed by atoms with Crippen LogP contribution in [0.5, 0.6) is 0 Å². The highest BCUT2D eigenvalue weighted by Gasteiger charge is 2.30. The number of rotatable bonds is 0. The Bertz CT molecular complexity index is 89.8. The van der Waals surface area contributed by atoms with E-state index in [1.54, 1.807) is 0 Å². The van der Waals surface area contributed by atoms with Gasteiger partial charge in [0.15, 0.2) is 0 Å². The Balaban J connectivity index is 1.93. The zero-order valence-electron chi connectivity index (χ0n) is 6.38. The molecule has 0 aromatic rings. The highest BCUT2D eigenvalue weighted by atomic mass is 16.5. The second-order valence-corrected chi connectivity index (χ2v) is 3.38. The lowest BCUT2D eigenvalue weighted by molar-refractivity contribution is -0.714. The number of fused-ring (bicyclic) bond motifs is 1. The summed E-state index contributed by atoms with van der Waals surface area (Å²) in [6.07, 6.45) is 6.09. The molecule has 2 heteroatoms. The Morgan fingerprint density at radius 3 is 3.00 bits per heavy atom. The fraction of sp³-hybridized carbons (Fsp3) is 1.00. The molecule has 2 N–H and O–H groups in total. The molecular weight excluding hydrogens is 126 g/mol. The van der Waals surface area contributed by atoms with Crippen molar-refractivity contribution in [3.05, 3.63) is 0 Å². The van der Waals surface area contributed by atoms with Gasteiger partial charge >= 0.3 is 0 Å². The van der Waals surface area contributed by atoms with E-state index < -0.39 is 0 Å². The van der Waals surface area contributed by atoms with Crippen LogP contribution in [0.4, 0.5) is 0 Å². The summed E-state index contributed by atoms with van der Waals surface area (Å²) in [7, 11) is 0. The van der Waals surface area contributed by atoms with Crippen LogP contribution in [0.25, 0.3) is 0 Å². The molecule has 0 unspecified atom stereocenters. The Morgan fingerprint density at radius 1 is 1.20 bits per heavy atom. The molecule has 0 radical (unpaired) electrons. The summed E-state index contributed by atoms with van der Waals surface area (Å²) < 4.78 is 5.65. The molecule has 2 fully saturated rings. The van der Waals surface area contributed by atoms with E-state index in [4.69, 9.17) is 4.74 Å². The molecule has 2 aliphatic rings. The molecule has 0 bridgehead atoms. The van der Waals surface area contributed by atoms with Gasteiger partial charge in [0.1, 0.15) is 12.1 Å². The fourth-order valence-electron chi connectivity index (χ4n) is 2.10. The molecular formula is C8H16NO+. The van der Waals surface area contributed by atoms with Crippen molar-refractivity contribution in [2.45, 2.75) is 37.8 Å². The maximum Gasteiger partial charge on any atom is 0.112 e. The standard InChI is InChI=1S/C8H15NO/c1-2-4-8-7(3-1)9-5-6-10-8/h7-9H,1-6H2/p+1/t7-,8+/m1/s1. The first kappa shape index (κ1) is 6.62. The third-order valence-electron chi connectivity index (χ3n) is 2.67. The molecule has 1 saturated heterocycles. The predicted molar refractivity (Wildman–Crippen MR) is 38.8 cm³/mol. The minimum atomic E-state index is 0.600. The van der Waals surface area contributed by atoms with Gasteiger partial charge < -0.3 is 10.1 Å². The van der Waals surface area contributed by atoms with E-state index in [1.807, 2.05) is 0 Å². The largest absolute Gasteiger partial charge is 0.366 e. The van der Waals surface area contributed by atoms with Gasteiger partial charge in [-0.15, -0.1) is 0 Å². The van der Waals surface area contributed by atoms with E-state index in [1.165, 1.54) is 32.2 Å². The van der Waals surface area contributed by atoms with Crippen molar-refractivity contribution >= 4 is 0 Å². The minimum absolute atomic E-state index is 0.600.